The molecule has 7 nitrogen and oxygen atoms in total. The smallest absolute Gasteiger partial charge is 0.235 e. The van der Waals surface area contributed by atoms with Crippen LogP contribution in [0.3, 0.4) is 0 Å². The van der Waals surface area contributed by atoms with Crippen LogP contribution in [0, 0.1) is 25.6 Å². The van der Waals surface area contributed by atoms with Crippen molar-refractivity contribution in [1.82, 2.24) is 10.1 Å². The number of unbranched alkanes of at least 4 members (excludes halogenated alkanes) is 1. The fraction of sp³-hybridized carbons (Fsp3) is 0.393. The summed E-state index contributed by atoms with van der Waals surface area (Å²) in [6, 6.07) is 12.3. The highest BCUT2D eigenvalue weighted by atomic mass is 32.2. The first-order valence-corrected chi connectivity index (χ1v) is 13.1. The molecule has 1 aromatic heterocycles. The lowest BCUT2D eigenvalue weighted by molar-refractivity contribution is -0.124. The lowest BCUT2D eigenvalue weighted by atomic mass is 10.0. The van der Waals surface area contributed by atoms with Gasteiger partial charge in [-0.15, -0.1) is 0 Å². The van der Waals surface area contributed by atoms with Gasteiger partial charge in [0.15, 0.2) is 5.82 Å². The number of hydrogen-bond donors (Lipinski definition) is 2. The molecule has 0 saturated heterocycles. The summed E-state index contributed by atoms with van der Waals surface area (Å²) in [6.07, 6.45) is 2.61. The molecule has 1 atom stereocenters. The third-order valence-electron chi connectivity index (χ3n) is 5.86. The molecular formula is C28H37FN4O3S. The molecule has 200 valence electrons. The van der Waals surface area contributed by atoms with Gasteiger partial charge in [-0.2, -0.15) is 0 Å². The van der Waals surface area contributed by atoms with E-state index in [0.29, 0.717) is 18.8 Å². The molecule has 0 aliphatic carbocycles. The summed E-state index contributed by atoms with van der Waals surface area (Å²) in [4.78, 5) is 24.0. The van der Waals surface area contributed by atoms with Gasteiger partial charge in [-0.1, -0.05) is 50.2 Å². The van der Waals surface area contributed by atoms with Gasteiger partial charge in [0.25, 0.3) is 0 Å². The zero-order valence-electron chi connectivity index (χ0n) is 22.4. The number of carbonyl (C=O) groups is 2. The zero-order chi connectivity index (χ0) is 27.5. The van der Waals surface area contributed by atoms with Crippen molar-refractivity contribution >= 4 is 30.0 Å². The highest BCUT2D eigenvalue weighted by molar-refractivity contribution is 8.00. The first-order chi connectivity index (χ1) is 17.6. The van der Waals surface area contributed by atoms with Gasteiger partial charge in [-0.05, 0) is 80.1 Å². The Balaban J connectivity index is 0.000000877. The number of carbonyl (C=O) groups excluding carboxylic acids is 2. The molecule has 0 aliphatic rings. The Bertz CT molecular complexity index is 1160. The number of nitrogens with one attached hydrogen (secondary N) is 1. The second-order valence-corrected chi connectivity index (χ2v) is 10.1. The molecular weight excluding hydrogens is 491 g/mol. The number of aryl methyl sites for hydroxylation is 1. The van der Waals surface area contributed by atoms with E-state index in [1.54, 1.807) is 6.07 Å². The number of rotatable bonds is 11. The number of halogens is 1. The molecule has 0 aliphatic heterocycles. The van der Waals surface area contributed by atoms with Gasteiger partial charge in [-0.3, -0.25) is 9.69 Å². The van der Waals surface area contributed by atoms with Gasteiger partial charge < -0.3 is 19.8 Å². The molecule has 1 unspecified atom stereocenters. The second-order valence-electron chi connectivity index (χ2n) is 9.22. The summed E-state index contributed by atoms with van der Waals surface area (Å²) >= 11 is 1.36. The first-order valence-electron chi connectivity index (χ1n) is 12.3. The topological polar surface area (TPSA) is 101 Å². The summed E-state index contributed by atoms with van der Waals surface area (Å²) in [7, 11) is 1.89. The van der Waals surface area contributed by atoms with Crippen LogP contribution in [0.4, 0.5) is 10.2 Å². The third-order valence-corrected chi connectivity index (χ3v) is 6.73. The lowest BCUT2D eigenvalue weighted by Gasteiger charge is -2.28. The van der Waals surface area contributed by atoms with Crippen LogP contribution in [0.25, 0.3) is 11.1 Å². The van der Waals surface area contributed by atoms with E-state index in [2.05, 4.69) is 9.88 Å². The number of nitrogens with zero attached hydrogens (tertiary/aromatic N) is 2. The molecule has 1 amide bonds. The van der Waals surface area contributed by atoms with Crippen molar-refractivity contribution in [2.24, 2.45) is 11.7 Å². The van der Waals surface area contributed by atoms with Crippen LogP contribution in [0.5, 0.6) is 0 Å². The number of aromatic nitrogens is 1. The molecule has 0 radical (unpaired) electrons. The van der Waals surface area contributed by atoms with E-state index in [9.17, 15) is 14.0 Å². The van der Waals surface area contributed by atoms with E-state index in [-0.39, 0.29) is 23.7 Å². The first kappa shape index (κ1) is 30.1. The summed E-state index contributed by atoms with van der Waals surface area (Å²) < 4.78 is 22.4. The molecule has 0 bridgehead atoms. The average Bonchev–Trinajstić information content (AvgIpc) is 3.16. The normalized spacial score (nSPS) is 11.7. The summed E-state index contributed by atoms with van der Waals surface area (Å²) in [6.45, 7) is 10.3. The van der Waals surface area contributed by atoms with Gasteiger partial charge in [0.1, 0.15) is 17.9 Å². The minimum Gasteiger partial charge on any atom is -0.368 e. The molecule has 2 aromatic carbocycles. The fourth-order valence-corrected chi connectivity index (χ4v) is 4.60. The second kappa shape index (κ2) is 14.5. The van der Waals surface area contributed by atoms with Gasteiger partial charge >= 0.3 is 0 Å². The Hall–Kier alpha value is -3.17. The van der Waals surface area contributed by atoms with Gasteiger partial charge in [0, 0.05) is 23.4 Å². The van der Waals surface area contributed by atoms with Crippen molar-refractivity contribution in [3.63, 3.8) is 0 Å². The van der Waals surface area contributed by atoms with Crippen molar-refractivity contribution < 1.29 is 18.5 Å². The Labute approximate surface area is 223 Å². The maximum absolute atomic E-state index is 14.0. The SMILES string of the molecule is CCCC=O.Cc1onc(NSc2ccc(F)cc2-c2ccc(CN(C)C(C(N)=O)C(C)C)cc2)c1C. The molecule has 9 heteroatoms. The molecule has 3 N–H and O–H groups in total. The number of anilines is 1. The minimum atomic E-state index is -0.337. The van der Waals surface area contributed by atoms with Gasteiger partial charge in [-0.25, -0.2) is 4.39 Å². The van der Waals surface area contributed by atoms with Crippen molar-refractivity contribution in [3.8, 4) is 11.1 Å². The molecule has 0 saturated carbocycles. The Morgan fingerprint density at radius 3 is 2.38 bits per heavy atom. The van der Waals surface area contributed by atoms with Crippen LogP contribution in [0.1, 0.15) is 50.5 Å². The largest absolute Gasteiger partial charge is 0.368 e. The third kappa shape index (κ3) is 8.72. The van der Waals surface area contributed by atoms with Crippen molar-refractivity contribution in [1.29, 1.82) is 0 Å². The summed E-state index contributed by atoms with van der Waals surface area (Å²) in [5.74, 6) is 0.890. The quantitative estimate of drug-likeness (QED) is 0.228. The average molecular weight is 529 g/mol. The fourth-order valence-electron chi connectivity index (χ4n) is 3.78. The van der Waals surface area contributed by atoms with Crippen LogP contribution in [-0.4, -0.2) is 35.3 Å². The number of nitrogens with two attached hydrogens (primary N) is 1. The van der Waals surface area contributed by atoms with Crippen LogP contribution >= 0.6 is 11.9 Å². The van der Waals surface area contributed by atoms with E-state index in [4.69, 9.17) is 10.3 Å². The maximum Gasteiger partial charge on any atom is 0.235 e. The van der Waals surface area contributed by atoms with Crippen LogP contribution < -0.4 is 10.5 Å². The number of hydrogen-bond acceptors (Lipinski definition) is 7. The number of aldehydes is 1. The predicted octanol–water partition coefficient (Wildman–Crippen LogP) is 6.14. The molecule has 0 spiro atoms. The maximum atomic E-state index is 14.0. The van der Waals surface area contributed by atoms with Gasteiger partial charge in [0.05, 0.1) is 6.04 Å². The molecule has 3 aromatic rings. The Morgan fingerprint density at radius 1 is 1.22 bits per heavy atom. The van der Waals surface area contributed by atoms with E-state index < -0.39 is 0 Å². The van der Waals surface area contributed by atoms with E-state index in [1.165, 1.54) is 24.1 Å². The van der Waals surface area contributed by atoms with Crippen LogP contribution in [-0.2, 0) is 16.1 Å². The Kier molecular flexibility index (Phi) is 11.8. The van der Waals surface area contributed by atoms with Gasteiger partial charge in [0.2, 0.25) is 5.91 Å². The monoisotopic (exact) mass is 528 g/mol. The number of likely N-dealkylation sites (N-methyl/N-ethyl adjacent to an activating group) is 1. The molecule has 3 rings (SSSR count). The number of amides is 1. The summed E-state index contributed by atoms with van der Waals surface area (Å²) in [5, 5.41) is 4.01. The van der Waals surface area contributed by atoms with Crippen molar-refractivity contribution in [2.75, 3.05) is 11.8 Å². The number of primary amides is 1. The molecule has 37 heavy (non-hydrogen) atoms. The summed E-state index contributed by atoms with van der Waals surface area (Å²) in [5.41, 5.74) is 9.21. The Morgan fingerprint density at radius 2 is 1.89 bits per heavy atom. The molecule has 1 heterocycles. The predicted molar refractivity (Wildman–Crippen MR) is 148 cm³/mol. The van der Waals surface area contributed by atoms with E-state index in [0.717, 1.165) is 45.6 Å². The van der Waals surface area contributed by atoms with E-state index >= 15 is 0 Å². The highest BCUT2D eigenvalue weighted by Crippen LogP contribution is 2.34. The van der Waals surface area contributed by atoms with Crippen molar-refractivity contribution in [2.45, 2.75) is 64.9 Å². The standard InChI is InChI=1S/C24H29FN4O2S.C4H8O/c1-14(2)22(23(26)30)29(5)13-17-6-8-18(9-7-17)20-12-19(25)10-11-21(20)32-28-24-15(3)16(4)31-27-24;1-2-3-4-5/h6-12,14,22H,13H2,1-5H3,(H2,26,30)(H,27,28);4H,2-3H2,1H3. The number of benzene rings is 2. The van der Waals surface area contributed by atoms with Crippen LogP contribution in [0.15, 0.2) is 51.9 Å². The minimum absolute atomic E-state index is 0.119. The van der Waals surface area contributed by atoms with E-state index in [1.807, 2.05) is 70.8 Å². The van der Waals surface area contributed by atoms with Crippen LogP contribution in [0.2, 0.25) is 0 Å². The highest BCUT2D eigenvalue weighted by Gasteiger charge is 2.24. The van der Waals surface area contributed by atoms with Crippen molar-refractivity contribution in [3.05, 3.63) is 65.2 Å². The molecule has 0 fully saturated rings. The lowest BCUT2D eigenvalue weighted by Crippen LogP contribution is -2.45. The zero-order valence-corrected chi connectivity index (χ0v) is 23.2.